The molecule has 1 aromatic heterocycles. The zero-order chi connectivity index (χ0) is 12.5. The lowest BCUT2D eigenvalue weighted by molar-refractivity contribution is 0.599. The van der Waals surface area contributed by atoms with Crippen LogP contribution >= 0.6 is 22.6 Å². The number of sulfone groups is 1. The van der Waals surface area contributed by atoms with E-state index in [2.05, 4.69) is 32.6 Å². The standard InChI is InChI=1S/C9H14IN3O2S/c1-5(2)8-7(10)9(11)13-6(12-8)4-16(3,14)15/h5H,4H2,1-3H3,(H2,11,12,13). The van der Waals surface area contributed by atoms with E-state index in [9.17, 15) is 8.42 Å². The van der Waals surface area contributed by atoms with Crippen LogP contribution in [0, 0.1) is 3.57 Å². The fourth-order valence-corrected chi connectivity index (χ4v) is 2.68. The van der Waals surface area contributed by atoms with E-state index in [1.165, 1.54) is 0 Å². The molecular formula is C9H14IN3O2S. The maximum atomic E-state index is 11.2. The molecule has 0 amide bonds. The molecule has 0 aliphatic carbocycles. The fraction of sp³-hybridized carbons (Fsp3) is 0.556. The quantitative estimate of drug-likeness (QED) is 0.827. The van der Waals surface area contributed by atoms with Crippen LogP contribution < -0.4 is 5.73 Å². The van der Waals surface area contributed by atoms with Crippen LogP contribution in [0.5, 0.6) is 0 Å². The van der Waals surface area contributed by atoms with Crippen molar-refractivity contribution in [3.8, 4) is 0 Å². The van der Waals surface area contributed by atoms with Gasteiger partial charge in [-0.3, -0.25) is 0 Å². The molecule has 16 heavy (non-hydrogen) atoms. The molecule has 0 atom stereocenters. The van der Waals surface area contributed by atoms with Crippen LogP contribution in [0.2, 0.25) is 0 Å². The number of rotatable bonds is 3. The van der Waals surface area contributed by atoms with E-state index >= 15 is 0 Å². The molecule has 5 nitrogen and oxygen atoms in total. The first-order valence-electron chi connectivity index (χ1n) is 4.70. The predicted octanol–water partition coefficient (Wildman–Crippen LogP) is 1.33. The topological polar surface area (TPSA) is 85.9 Å². The van der Waals surface area contributed by atoms with Crippen LogP contribution in [-0.4, -0.2) is 24.6 Å². The Balaban J connectivity index is 3.24. The lowest BCUT2D eigenvalue weighted by Crippen LogP contribution is -2.12. The Bertz CT molecular complexity index is 500. The Kier molecular flexibility index (Phi) is 4.11. The molecule has 0 fully saturated rings. The molecule has 0 saturated carbocycles. The van der Waals surface area contributed by atoms with Crippen LogP contribution in [0.25, 0.3) is 0 Å². The Labute approximate surface area is 109 Å². The summed E-state index contributed by atoms with van der Waals surface area (Å²) in [6.07, 6.45) is 1.15. The van der Waals surface area contributed by atoms with Crippen molar-refractivity contribution in [2.75, 3.05) is 12.0 Å². The molecule has 0 aliphatic rings. The summed E-state index contributed by atoms with van der Waals surface area (Å²) >= 11 is 2.07. The minimum Gasteiger partial charge on any atom is -0.383 e. The summed E-state index contributed by atoms with van der Waals surface area (Å²) in [7, 11) is -3.13. The van der Waals surface area contributed by atoms with Gasteiger partial charge in [-0.25, -0.2) is 18.4 Å². The van der Waals surface area contributed by atoms with Crippen molar-refractivity contribution in [2.24, 2.45) is 0 Å². The summed E-state index contributed by atoms with van der Waals surface area (Å²) in [5.41, 5.74) is 6.52. The van der Waals surface area contributed by atoms with Crippen molar-refractivity contribution >= 4 is 38.2 Å². The average molecular weight is 355 g/mol. The van der Waals surface area contributed by atoms with E-state index in [0.717, 1.165) is 15.5 Å². The molecule has 1 aromatic rings. The number of nitrogen functional groups attached to an aromatic ring is 1. The van der Waals surface area contributed by atoms with Crippen molar-refractivity contribution in [2.45, 2.75) is 25.5 Å². The second-order valence-electron chi connectivity index (χ2n) is 3.95. The van der Waals surface area contributed by atoms with Crippen LogP contribution in [0.4, 0.5) is 5.82 Å². The van der Waals surface area contributed by atoms with Gasteiger partial charge in [-0.1, -0.05) is 13.8 Å². The molecule has 0 bridgehead atoms. The normalized spacial score (nSPS) is 12.1. The van der Waals surface area contributed by atoms with Gasteiger partial charge in [0.15, 0.2) is 9.84 Å². The predicted molar refractivity (Wildman–Crippen MR) is 71.8 cm³/mol. The van der Waals surface area contributed by atoms with Crippen molar-refractivity contribution in [1.82, 2.24) is 9.97 Å². The van der Waals surface area contributed by atoms with Crippen LogP contribution in [-0.2, 0) is 15.6 Å². The second kappa shape index (κ2) is 4.82. The molecule has 0 spiro atoms. The maximum Gasteiger partial charge on any atom is 0.154 e. The molecular weight excluding hydrogens is 341 g/mol. The number of anilines is 1. The van der Waals surface area contributed by atoms with Gasteiger partial charge in [0.2, 0.25) is 0 Å². The maximum absolute atomic E-state index is 11.2. The first-order chi connectivity index (χ1) is 7.20. The van der Waals surface area contributed by atoms with Crippen molar-refractivity contribution in [3.63, 3.8) is 0 Å². The number of nitrogens with zero attached hydrogens (tertiary/aromatic N) is 2. The third-order valence-corrected chi connectivity index (χ3v) is 3.77. The van der Waals surface area contributed by atoms with Gasteiger partial charge < -0.3 is 5.73 Å². The lowest BCUT2D eigenvalue weighted by atomic mass is 10.1. The summed E-state index contributed by atoms with van der Waals surface area (Å²) < 4.78 is 23.1. The zero-order valence-electron chi connectivity index (χ0n) is 9.36. The second-order valence-corrected chi connectivity index (χ2v) is 7.17. The average Bonchev–Trinajstić information content (AvgIpc) is 2.07. The Morgan fingerprint density at radius 2 is 1.94 bits per heavy atom. The van der Waals surface area contributed by atoms with Gasteiger partial charge in [-0.2, -0.15) is 0 Å². The number of hydrogen-bond donors (Lipinski definition) is 1. The first-order valence-corrected chi connectivity index (χ1v) is 7.84. The smallest absolute Gasteiger partial charge is 0.154 e. The van der Waals surface area contributed by atoms with Crippen molar-refractivity contribution < 1.29 is 8.42 Å². The van der Waals surface area contributed by atoms with E-state index in [1.807, 2.05) is 13.8 Å². The minimum atomic E-state index is -3.13. The summed E-state index contributed by atoms with van der Waals surface area (Å²) in [6, 6.07) is 0. The molecule has 0 aliphatic heterocycles. The Morgan fingerprint density at radius 1 is 1.38 bits per heavy atom. The minimum absolute atomic E-state index is 0.173. The highest BCUT2D eigenvalue weighted by Crippen LogP contribution is 2.23. The molecule has 1 rings (SSSR count). The highest BCUT2D eigenvalue weighted by Gasteiger charge is 2.15. The third kappa shape index (κ3) is 3.55. The molecule has 0 unspecified atom stereocenters. The fourth-order valence-electron chi connectivity index (χ4n) is 1.21. The summed E-state index contributed by atoms with van der Waals surface area (Å²) in [4.78, 5) is 8.22. The molecule has 0 saturated heterocycles. The van der Waals surface area contributed by atoms with Gasteiger partial charge in [-0.15, -0.1) is 0 Å². The molecule has 7 heteroatoms. The molecule has 2 N–H and O–H groups in total. The summed E-state index contributed by atoms with van der Waals surface area (Å²) in [5.74, 6) is 0.631. The SMILES string of the molecule is CC(C)c1nc(CS(C)(=O)=O)nc(N)c1I. The number of halogens is 1. The lowest BCUT2D eigenvalue weighted by Gasteiger charge is -2.10. The highest BCUT2D eigenvalue weighted by atomic mass is 127. The zero-order valence-corrected chi connectivity index (χ0v) is 12.3. The van der Waals surface area contributed by atoms with E-state index in [0.29, 0.717) is 5.82 Å². The van der Waals surface area contributed by atoms with Gasteiger partial charge in [0.25, 0.3) is 0 Å². The van der Waals surface area contributed by atoms with E-state index in [1.54, 1.807) is 0 Å². The summed E-state index contributed by atoms with van der Waals surface area (Å²) in [5, 5.41) is 0. The molecule has 1 heterocycles. The van der Waals surface area contributed by atoms with Crippen molar-refractivity contribution in [1.29, 1.82) is 0 Å². The Hall–Kier alpha value is -0.440. The molecule has 0 aromatic carbocycles. The highest BCUT2D eigenvalue weighted by molar-refractivity contribution is 14.1. The van der Waals surface area contributed by atoms with Crippen LogP contribution in [0.1, 0.15) is 31.3 Å². The number of hydrogen-bond acceptors (Lipinski definition) is 5. The van der Waals surface area contributed by atoms with Gasteiger partial charge in [0.05, 0.1) is 9.26 Å². The summed E-state index contributed by atoms with van der Waals surface area (Å²) in [6.45, 7) is 3.96. The number of aromatic nitrogens is 2. The Morgan fingerprint density at radius 3 is 2.38 bits per heavy atom. The van der Waals surface area contributed by atoms with Gasteiger partial charge >= 0.3 is 0 Å². The van der Waals surface area contributed by atoms with E-state index in [-0.39, 0.29) is 17.5 Å². The van der Waals surface area contributed by atoms with Crippen molar-refractivity contribution in [3.05, 3.63) is 15.1 Å². The molecule has 90 valence electrons. The largest absolute Gasteiger partial charge is 0.383 e. The third-order valence-electron chi connectivity index (χ3n) is 1.89. The van der Waals surface area contributed by atoms with E-state index < -0.39 is 9.84 Å². The number of nitrogens with two attached hydrogens (primary N) is 1. The monoisotopic (exact) mass is 355 g/mol. The molecule has 0 radical (unpaired) electrons. The van der Waals surface area contributed by atoms with Gasteiger partial charge in [0, 0.05) is 6.26 Å². The van der Waals surface area contributed by atoms with Gasteiger partial charge in [0.1, 0.15) is 17.4 Å². The van der Waals surface area contributed by atoms with Crippen LogP contribution in [0.15, 0.2) is 0 Å². The van der Waals surface area contributed by atoms with E-state index in [4.69, 9.17) is 5.73 Å². The van der Waals surface area contributed by atoms with Gasteiger partial charge in [-0.05, 0) is 28.5 Å². The first kappa shape index (κ1) is 13.6. The van der Waals surface area contributed by atoms with Crippen LogP contribution in [0.3, 0.4) is 0 Å².